The standard InChI is InChI=1S/C19H19FN2O3S2/c1-25-14-8-6-13(7-9-14)10-26-19-21-16-11-27(23,24)12-18(16)22(19)17-5-3-2-4-15(17)20/h2-9,16,18H,10-12H2,1H3/t16-,18+/m1/s1. The van der Waals surface area contributed by atoms with E-state index in [1.807, 2.05) is 24.3 Å². The summed E-state index contributed by atoms with van der Waals surface area (Å²) in [6, 6.07) is 13.5. The molecule has 1 saturated heterocycles. The predicted octanol–water partition coefficient (Wildman–Crippen LogP) is 3.11. The summed E-state index contributed by atoms with van der Waals surface area (Å²) in [5.41, 5.74) is 1.46. The number of nitrogens with zero attached hydrogens (tertiary/aromatic N) is 2. The second-order valence-electron chi connectivity index (χ2n) is 6.58. The van der Waals surface area contributed by atoms with Gasteiger partial charge in [0.25, 0.3) is 0 Å². The minimum Gasteiger partial charge on any atom is -0.497 e. The first kappa shape index (κ1) is 18.3. The van der Waals surface area contributed by atoms with Gasteiger partial charge in [-0.25, -0.2) is 12.8 Å². The highest BCUT2D eigenvalue weighted by Gasteiger charge is 2.47. The normalized spacial score (nSPS) is 23.2. The molecule has 27 heavy (non-hydrogen) atoms. The van der Waals surface area contributed by atoms with Crippen molar-refractivity contribution in [1.29, 1.82) is 0 Å². The fourth-order valence-electron chi connectivity index (χ4n) is 3.43. The Morgan fingerprint density at radius 2 is 1.93 bits per heavy atom. The number of benzene rings is 2. The summed E-state index contributed by atoms with van der Waals surface area (Å²) in [7, 11) is -1.53. The van der Waals surface area contributed by atoms with E-state index in [4.69, 9.17) is 4.74 Å². The molecule has 2 atom stereocenters. The van der Waals surface area contributed by atoms with Crippen LogP contribution < -0.4 is 9.64 Å². The fourth-order valence-corrected chi connectivity index (χ4v) is 6.35. The van der Waals surface area contributed by atoms with Crippen molar-refractivity contribution in [1.82, 2.24) is 0 Å². The molecule has 1 fully saturated rings. The van der Waals surface area contributed by atoms with Gasteiger partial charge >= 0.3 is 0 Å². The number of methoxy groups -OCH3 is 1. The molecular weight excluding hydrogens is 387 g/mol. The Balaban J connectivity index is 1.60. The largest absolute Gasteiger partial charge is 0.497 e. The van der Waals surface area contributed by atoms with E-state index in [-0.39, 0.29) is 29.4 Å². The zero-order valence-corrected chi connectivity index (χ0v) is 16.3. The Hall–Kier alpha value is -2.06. The van der Waals surface area contributed by atoms with Crippen LogP contribution in [0.15, 0.2) is 53.5 Å². The van der Waals surface area contributed by atoms with Gasteiger partial charge in [-0.3, -0.25) is 4.99 Å². The highest BCUT2D eigenvalue weighted by atomic mass is 32.2. The van der Waals surface area contributed by atoms with Gasteiger partial charge in [0.2, 0.25) is 0 Å². The maximum absolute atomic E-state index is 14.4. The highest BCUT2D eigenvalue weighted by Crippen LogP contribution is 2.37. The second kappa shape index (κ2) is 7.16. The van der Waals surface area contributed by atoms with E-state index in [0.29, 0.717) is 16.6 Å². The molecule has 4 rings (SSSR count). The number of rotatable bonds is 4. The van der Waals surface area contributed by atoms with E-state index in [1.165, 1.54) is 17.8 Å². The molecule has 0 aromatic heterocycles. The first-order valence-electron chi connectivity index (χ1n) is 8.54. The Bertz CT molecular complexity index is 977. The minimum absolute atomic E-state index is 0.00208. The first-order chi connectivity index (χ1) is 13.0. The summed E-state index contributed by atoms with van der Waals surface area (Å²) < 4.78 is 43.7. The Kier molecular flexibility index (Phi) is 4.86. The zero-order valence-electron chi connectivity index (χ0n) is 14.7. The maximum atomic E-state index is 14.4. The van der Waals surface area contributed by atoms with Crippen LogP contribution in [0.3, 0.4) is 0 Å². The number of hydrogen-bond acceptors (Lipinski definition) is 6. The predicted molar refractivity (Wildman–Crippen MR) is 107 cm³/mol. The molecule has 2 heterocycles. The fraction of sp³-hybridized carbons (Fsp3) is 0.316. The lowest BCUT2D eigenvalue weighted by molar-refractivity contribution is 0.414. The quantitative estimate of drug-likeness (QED) is 0.781. The number of amidine groups is 1. The van der Waals surface area contributed by atoms with Crippen LogP contribution in [0.2, 0.25) is 0 Å². The Morgan fingerprint density at radius 3 is 2.63 bits per heavy atom. The van der Waals surface area contributed by atoms with Crippen molar-refractivity contribution >= 4 is 32.5 Å². The number of halogens is 1. The van der Waals surface area contributed by atoms with Crippen LogP contribution in [0.5, 0.6) is 5.75 Å². The van der Waals surface area contributed by atoms with Crippen LogP contribution in [-0.4, -0.2) is 44.3 Å². The zero-order chi connectivity index (χ0) is 19.0. The lowest BCUT2D eigenvalue weighted by Gasteiger charge is -2.26. The number of sulfone groups is 1. The van der Waals surface area contributed by atoms with Gasteiger partial charge in [0.1, 0.15) is 11.6 Å². The molecule has 2 aromatic rings. The van der Waals surface area contributed by atoms with E-state index < -0.39 is 9.84 Å². The van der Waals surface area contributed by atoms with Gasteiger partial charge in [0.15, 0.2) is 15.0 Å². The Labute approximate surface area is 162 Å². The molecule has 142 valence electrons. The summed E-state index contributed by atoms with van der Waals surface area (Å²) in [6.45, 7) is 0. The molecule has 2 aliphatic rings. The van der Waals surface area contributed by atoms with Gasteiger partial charge in [-0.1, -0.05) is 36.0 Å². The van der Waals surface area contributed by atoms with E-state index in [0.717, 1.165) is 11.3 Å². The molecule has 0 radical (unpaired) electrons. The van der Waals surface area contributed by atoms with E-state index in [2.05, 4.69) is 4.99 Å². The molecule has 0 bridgehead atoms. The molecule has 0 amide bonds. The Morgan fingerprint density at radius 1 is 1.19 bits per heavy atom. The van der Waals surface area contributed by atoms with Crippen LogP contribution in [0, 0.1) is 5.82 Å². The number of aliphatic imine (C=N–C) groups is 1. The summed E-state index contributed by atoms with van der Waals surface area (Å²) in [5, 5.41) is 0.667. The van der Waals surface area contributed by atoms with Crippen LogP contribution in [0.1, 0.15) is 5.56 Å². The average Bonchev–Trinajstić information content (AvgIpc) is 3.12. The number of ether oxygens (including phenoxy) is 1. The van der Waals surface area contributed by atoms with Crippen molar-refractivity contribution < 1.29 is 17.5 Å². The van der Waals surface area contributed by atoms with Gasteiger partial charge in [0, 0.05) is 5.75 Å². The summed E-state index contributed by atoms with van der Waals surface area (Å²) in [4.78, 5) is 6.39. The molecule has 5 nitrogen and oxygen atoms in total. The van der Waals surface area contributed by atoms with Crippen LogP contribution in [-0.2, 0) is 15.6 Å². The van der Waals surface area contributed by atoms with Crippen LogP contribution in [0.25, 0.3) is 0 Å². The lowest BCUT2D eigenvalue weighted by atomic mass is 10.1. The van der Waals surface area contributed by atoms with Crippen molar-refractivity contribution in [2.24, 2.45) is 4.99 Å². The smallest absolute Gasteiger partial charge is 0.164 e. The van der Waals surface area contributed by atoms with Crippen LogP contribution in [0.4, 0.5) is 10.1 Å². The molecule has 0 N–H and O–H groups in total. The summed E-state index contributed by atoms with van der Waals surface area (Å²) >= 11 is 1.49. The lowest BCUT2D eigenvalue weighted by Crippen LogP contribution is -2.39. The van der Waals surface area contributed by atoms with Gasteiger partial charge in [0.05, 0.1) is 36.4 Å². The van der Waals surface area contributed by atoms with Gasteiger partial charge in [-0.05, 0) is 29.8 Å². The molecule has 0 saturated carbocycles. The molecule has 2 aliphatic heterocycles. The topological polar surface area (TPSA) is 59.0 Å². The van der Waals surface area contributed by atoms with E-state index >= 15 is 0 Å². The third-order valence-electron chi connectivity index (χ3n) is 4.75. The van der Waals surface area contributed by atoms with Crippen LogP contribution >= 0.6 is 11.8 Å². The minimum atomic E-state index is -3.15. The van der Waals surface area contributed by atoms with Crippen molar-refractivity contribution in [3.8, 4) is 5.75 Å². The van der Waals surface area contributed by atoms with E-state index in [1.54, 1.807) is 30.2 Å². The molecular formula is C19H19FN2O3S2. The highest BCUT2D eigenvalue weighted by molar-refractivity contribution is 8.13. The van der Waals surface area contributed by atoms with E-state index in [9.17, 15) is 12.8 Å². The molecule has 0 spiro atoms. The third-order valence-corrected chi connectivity index (χ3v) is 7.48. The second-order valence-corrected chi connectivity index (χ2v) is 9.68. The number of fused-ring (bicyclic) bond motifs is 1. The molecule has 8 heteroatoms. The van der Waals surface area contributed by atoms with Gasteiger partial charge < -0.3 is 9.64 Å². The maximum Gasteiger partial charge on any atom is 0.164 e. The third kappa shape index (κ3) is 3.68. The monoisotopic (exact) mass is 406 g/mol. The number of hydrogen-bond donors (Lipinski definition) is 0. The van der Waals surface area contributed by atoms with Gasteiger partial charge in [-0.15, -0.1) is 0 Å². The first-order valence-corrected chi connectivity index (χ1v) is 11.4. The van der Waals surface area contributed by atoms with Gasteiger partial charge in [-0.2, -0.15) is 0 Å². The number of thioether (sulfide) groups is 1. The average molecular weight is 407 g/mol. The molecule has 0 unspecified atom stereocenters. The summed E-state index contributed by atoms with van der Waals surface area (Å²) in [5.74, 6) is 1.09. The SMILES string of the molecule is COc1ccc(CSC2=N[C@@H]3CS(=O)(=O)C[C@@H]3N2c2ccccc2F)cc1. The molecule has 2 aromatic carbocycles. The number of para-hydroxylation sites is 1. The van der Waals surface area contributed by atoms with Crippen molar-refractivity contribution in [3.63, 3.8) is 0 Å². The molecule has 0 aliphatic carbocycles. The summed E-state index contributed by atoms with van der Waals surface area (Å²) in [6.07, 6.45) is 0. The van der Waals surface area contributed by atoms with Crippen molar-refractivity contribution in [2.45, 2.75) is 17.8 Å². The van der Waals surface area contributed by atoms with Crippen molar-refractivity contribution in [2.75, 3.05) is 23.5 Å². The van der Waals surface area contributed by atoms with Crippen molar-refractivity contribution in [3.05, 3.63) is 59.9 Å². The number of anilines is 1.